The molecular formula is C19H19F3FeN2O. The summed E-state index contributed by atoms with van der Waals surface area (Å²) in [5.41, 5.74) is 5.17. The molecule has 140 valence electrons. The van der Waals surface area contributed by atoms with Crippen LogP contribution in [0.4, 0.5) is 18.9 Å². The third-order valence-corrected chi connectivity index (χ3v) is 5.06. The molecule has 1 saturated heterocycles. The van der Waals surface area contributed by atoms with Gasteiger partial charge in [0.25, 0.3) is 0 Å². The number of halogens is 3. The van der Waals surface area contributed by atoms with Crippen LogP contribution in [0, 0.1) is 0 Å². The first-order valence-corrected chi connectivity index (χ1v) is 8.38. The van der Waals surface area contributed by atoms with Crippen LogP contribution in [-0.2, 0) is 40.2 Å². The number of rotatable bonds is 2. The maximum Gasteiger partial charge on any atom is 0.416 e. The van der Waals surface area contributed by atoms with E-state index < -0.39 is 11.7 Å². The first-order valence-electron chi connectivity index (χ1n) is 8.38. The zero-order valence-electron chi connectivity index (χ0n) is 14.0. The smallest absolute Gasteiger partial charge is 0.365 e. The Hall–Kier alpha value is -1.53. The van der Waals surface area contributed by atoms with Crippen molar-refractivity contribution in [2.24, 2.45) is 0 Å². The Morgan fingerprint density at radius 1 is 1.00 bits per heavy atom. The van der Waals surface area contributed by atoms with Gasteiger partial charge in [0, 0.05) is 35.8 Å². The van der Waals surface area contributed by atoms with Gasteiger partial charge in [0.15, 0.2) is 0 Å². The summed E-state index contributed by atoms with van der Waals surface area (Å²) in [4.78, 5) is 0. The number of fused-ring (bicyclic) bond motifs is 2. The Bertz CT molecular complexity index is 773. The molecule has 26 heavy (non-hydrogen) atoms. The van der Waals surface area contributed by atoms with Crippen LogP contribution in [0.1, 0.15) is 29.5 Å². The van der Waals surface area contributed by atoms with E-state index in [-0.39, 0.29) is 22.7 Å². The van der Waals surface area contributed by atoms with Gasteiger partial charge in [-0.1, -0.05) is 30.3 Å². The molecule has 3 nitrogen and oxygen atoms in total. The Morgan fingerprint density at radius 3 is 2.46 bits per heavy atom. The fourth-order valence-electron chi connectivity index (χ4n) is 3.73. The number of benzene rings is 2. The van der Waals surface area contributed by atoms with E-state index in [0.717, 1.165) is 25.0 Å². The van der Waals surface area contributed by atoms with Gasteiger partial charge in [-0.15, -0.1) is 0 Å². The minimum atomic E-state index is -4.33. The van der Waals surface area contributed by atoms with Crippen molar-refractivity contribution in [1.82, 2.24) is 5.01 Å². The Labute approximate surface area is 161 Å². The second-order valence-electron chi connectivity index (χ2n) is 6.62. The molecule has 0 atom stereocenters. The molecule has 2 aromatic rings. The molecule has 0 aliphatic carbocycles. The first kappa shape index (κ1) is 19.2. The second-order valence-corrected chi connectivity index (χ2v) is 6.62. The quantitative estimate of drug-likeness (QED) is 0.744. The summed E-state index contributed by atoms with van der Waals surface area (Å²) in [6.45, 7) is 2.06. The van der Waals surface area contributed by atoms with Gasteiger partial charge in [0.05, 0.1) is 17.8 Å². The molecule has 0 unspecified atom stereocenters. The van der Waals surface area contributed by atoms with E-state index in [1.807, 2.05) is 17.1 Å². The summed E-state index contributed by atoms with van der Waals surface area (Å²) in [7, 11) is 0. The first-order chi connectivity index (χ1) is 12.0. The summed E-state index contributed by atoms with van der Waals surface area (Å²) in [6.07, 6.45) is -2.70. The summed E-state index contributed by atoms with van der Waals surface area (Å²) < 4.78 is 44.6. The van der Waals surface area contributed by atoms with Crippen LogP contribution >= 0.6 is 0 Å². The van der Waals surface area contributed by atoms with Crippen LogP contribution in [0.25, 0.3) is 0 Å². The second kappa shape index (κ2) is 7.23. The number of hydrogen-bond donors (Lipinski definition) is 1. The van der Waals surface area contributed by atoms with Crippen LogP contribution < -0.4 is 5.43 Å². The molecule has 2 heterocycles. The van der Waals surface area contributed by atoms with Crippen molar-refractivity contribution in [2.75, 3.05) is 18.5 Å². The van der Waals surface area contributed by atoms with Crippen molar-refractivity contribution >= 4 is 5.69 Å². The van der Waals surface area contributed by atoms with Gasteiger partial charge in [-0.25, -0.2) is 5.01 Å². The topological polar surface area (TPSA) is 24.5 Å². The van der Waals surface area contributed by atoms with Crippen LogP contribution in [0.2, 0.25) is 0 Å². The van der Waals surface area contributed by atoms with E-state index >= 15 is 0 Å². The van der Waals surface area contributed by atoms with Gasteiger partial charge < -0.3 is 10.2 Å². The van der Waals surface area contributed by atoms with E-state index in [0.29, 0.717) is 25.4 Å². The normalized spacial score (nSPS) is 19.0. The molecule has 1 spiro atoms. The zero-order valence-corrected chi connectivity index (χ0v) is 15.1. The Morgan fingerprint density at radius 2 is 1.73 bits per heavy atom. The number of hydrogen-bond acceptors (Lipinski definition) is 3. The monoisotopic (exact) mass is 404 g/mol. The SMILES string of the molecule is FC(F)(F)c1cccc(NN2CCC3(CC2)OCc2ccccc23)c1.[Fe]. The number of piperidine rings is 1. The van der Waals surface area contributed by atoms with Crippen LogP contribution in [-0.4, -0.2) is 18.1 Å². The number of nitrogens with zero attached hydrogens (tertiary/aromatic N) is 1. The molecule has 0 radical (unpaired) electrons. The summed E-state index contributed by atoms with van der Waals surface area (Å²) >= 11 is 0. The predicted molar refractivity (Wildman–Crippen MR) is 88.8 cm³/mol. The summed E-state index contributed by atoms with van der Waals surface area (Å²) in [6, 6.07) is 13.6. The molecule has 0 amide bonds. The summed E-state index contributed by atoms with van der Waals surface area (Å²) in [5, 5.41) is 1.96. The van der Waals surface area contributed by atoms with E-state index in [4.69, 9.17) is 4.74 Å². The predicted octanol–water partition coefficient (Wildman–Crippen LogP) is 4.55. The van der Waals surface area contributed by atoms with Crippen LogP contribution in [0.3, 0.4) is 0 Å². The van der Waals surface area contributed by atoms with Crippen molar-refractivity contribution < 1.29 is 35.0 Å². The fraction of sp³-hybridized carbons (Fsp3) is 0.368. The summed E-state index contributed by atoms with van der Waals surface area (Å²) in [5.74, 6) is 0. The molecule has 2 aliphatic rings. The molecule has 2 aliphatic heterocycles. The van der Waals surface area contributed by atoms with Crippen molar-refractivity contribution in [3.8, 4) is 0 Å². The van der Waals surface area contributed by atoms with Crippen LogP contribution in [0.15, 0.2) is 48.5 Å². The average molecular weight is 404 g/mol. The number of hydrazine groups is 1. The van der Waals surface area contributed by atoms with Gasteiger partial charge in [0.1, 0.15) is 0 Å². The van der Waals surface area contributed by atoms with Crippen molar-refractivity contribution in [1.29, 1.82) is 0 Å². The standard InChI is InChI=1S/C19H19F3N2O.Fe/c20-19(21,22)15-5-3-6-16(12-15)23-24-10-8-18(9-11-24)17-7-2-1-4-14(17)13-25-18;/h1-7,12,23H,8-11,13H2;. The minimum absolute atomic E-state index is 0. The molecule has 4 rings (SSSR count). The van der Waals surface area contributed by atoms with Crippen molar-refractivity contribution in [2.45, 2.75) is 31.2 Å². The Balaban J connectivity index is 0.00000196. The van der Waals surface area contributed by atoms with Crippen molar-refractivity contribution in [3.63, 3.8) is 0 Å². The molecule has 1 fully saturated rings. The van der Waals surface area contributed by atoms with Gasteiger partial charge >= 0.3 is 6.18 Å². The molecular weight excluding hydrogens is 385 g/mol. The van der Waals surface area contributed by atoms with E-state index in [9.17, 15) is 13.2 Å². The molecule has 7 heteroatoms. The zero-order chi connectivity index (χ0) is 17.5. The van der Waals surface area contributed by atoms with Crippen molar-refractivity contribution in [3.05, 3.63) is 65.2 Å². The maximum absolute atomic E-state index is 12.8. The molecule has 1 N–H and O–H groups in total. The van der Waals surface area contributed by atoms with Gasteiger partial charge in [-0.3, -0.25) is 0 Å². The minimum Gasteiger partial charge on any atom is -0.365 e. The van der Waals surface area contributed by atoms with Gasteiger partial charge in [-0.05, 0) is 42.2 Å². The fourth-order valence-corrected chi connectivity index (χ4v) is 3.73. The third-order valence-electron chi connectivity index (χ3n) is 5.06. The van der Waals surface area contributed by atoms with E-state index in [1.165, 1.54) is 17.2 Å². The average Bonchev–Trinajstić information content (AvgIpc) is 2.96. The largest absolute Gasteiger partial charge is 0.416 e. The number of alkyl halides is 3. The number of anilines is 1. The van der Waals surface area contributed by atoms with E-state index in [1.54, 1.807) is 6.07 Å². The van der Waals surface area contributed by atoms with Gasteiger partial charge in [-0.2, -0.15) is 13.2 Å². The van der Waals surface area contributed by atoms with Gasteiger partial charge in [0.2, 0.25) is 0 Å². The number of nitrogens with one attached hydrogen (secondary N) is 1. The molecule has 2 aromatic carbocycles. The Kier molecular flexibility index (Phi) is 5.35. The molecule has 0 aromatic heterocycles. The van der Waals surface area contributed by atoms with E-state index in [2.05, 4.69) is 17.6 Å². The molecule has 0 saturated carbocycles. The number of ether oxygens (including phenoxy) is 1. The maximum atomic E-state index is 12.8. The third kappa shape index (κ3) is 3.62. The molecule has 0 bridgehead atoms. The van der Waals surface area contributed by atoms with Crippen LogP contribution in [0.5, 0.6) is 0 Å².